The largest absolute Gasteiger partial charge is 0.478 e. The number of piperazine rings is 1. The first kappa shape index (κ1) is 15.6. The summed E-state index contributed by atoms with van der Waals surface area (Å²) in [5.41, 5.74) is 2.01. The molecular weight excluding hydrogens is 270 g/mol. The second-order valence-electron chi connectivity index (χ2n) is 5.24. The number of aromatic carboxylic acids is 1. The summed E-state index contributed by atoms with van der Waals surface area (Å²) in [6.07, 6.45) is 0. The van der Waals surface area contributed by atoms with Gasteiger partial charge in [0.1, 0.15) is 0 Å². The number of carboxylic acids is 1. The molecule has 1 fully saturated rings. The van der Waals surface area contributed by atoms with Gasteiger partial charge >= 0.3 is 5.97 Å². The number of ether oxygens (including phenoxy) is 1. The number of rotatable bonds is 6. The molecule has 116 valence electrons. The third-order valence-corrected chi connectivity index (χ3v) is 3.72. The molecular formula is C15H23N3O3. The molecule has 1 aromatic rings. The summed E-state index contributed by atoms with van der Waals surface area (Å²) in [5.74, 6) is -0.917. The van der Waals surface area contributed by atoms with Crippen molar-refractivity contribution in [3.63, 3.8) is 0 Å². The fourth-order valence-corrected chi connectivity index (χ4v) is 2.41. The van der Waals surface area contributed by atoms with Gasteiger partial charge in [0.15, 0.2) is 0 Å². The summed E-state index contributed by atoms with van der Waals surface area (Å²) in [5, 5.41) is 12.4. The molecule has 0 spiro atoms. The van der Waals surface area contributed by atoms with Gasteiger partial charge in [0, 0.05) is 45.5 Å². The minimum absolute atomic E-state index is 0.295. The van der Waals surface area contributed by atoms with Crippen molar-refractivity contribution in [2.24, 2.45) is 0 Å². The van der Waals surface area contributed by atoms with Crippen molar-refractivity contribution in [1.29, 1.82) is 0 Å². The Balaban J connectivity index is 2.15. The standard InChI is InChI=1S/C15H23N3O3/c1-17-6-8-18(9-7-17)12-3-4-13(15(19)20)14(11-12)16-5-10-21-2/h3-4,11,16H,5-10H2,1-2H3,(H,19,20). The molecule has 0 amide bonds. The highest BCUT2D eigenvalue weighted by molar-refractivity contribution is 5.95. The third kappa shape index (κ3) is 4.09. The zero-order chi connectivity index (χ0) is 15.2. The van der Waals surface area contributed by atoms with E-state index in [0.29, 0.717) is 24.4 Å². The average molecular weight is 293 g/mol. The molecule has 2 N–H and O–H groups in total. The van der Waals surface area contributed by atoms with Crippen molar-refractivity contribution in [2.75, 3.05) is 63.7 Å². The van der Waals surface area contributed by atoms with Gasteiger partial charge in [-0.25, -0.2) is 4.79 Å². The Bertz CT molecular complexity index is 485. The lowest BCUT2D eigenvalue weighted by Gasteiger charge is -2.34. The number of benzene rings is 1. The molecule has 21 heavy (non-hydrogen) atoms. The SMILES string of the molecule is COCCNc1cc(N2CCN(C)CC2)ccc1C(=O)O. The van der Waals surface area contributed by atoms with Crippen LogP contribution in [0.2, 0.25) is 0 Å². The Kier molecular flexibility index (Phi) is 5.41. The maximum atomic E-state index is 11.3. The van der Waals surface area contributed by atoms with Crippen LogP contribution in [-0.2, 0) is 4.74 Å². The van der Waals surface area contributed by atoms with Crippen LogP contribution in [0.4, 0.5) is 11.4 Å². The fourth-order valence-electron chi connectivity index (χ4n) is 2.41. The number of carbonyl (C=O) groups is 1. The first-order valence-corrected chi connectivity index (χ1v) is 7.15. The summed E-state index contributed by atoms with van der Waals surface area (Å²) in [4.78, 5) is 15.9. The third-order valence-electron chi connectivity index (χ3n) is 3.72. The molecule has 0 atom stereocenters. The van der Waals surface area contributed by atoms with Crippen molar-refractivity contribution < 1.29 is 14.6 Å². The van der Waals surface area contributed by atoms with E-state index in [1.807, 2.05) is 12.1 Å². The fraction of sp³-hybridized carbons (Fsp3) is 0.533. The van der Waals surface area contributed by atoms with Crippen LogP contribution in [0.15, 0.2) is 18.2 Å². The summed E-state index contributed by atoms with van der Waals surface area (Å²) in [6.45, 7) is 5.09. The van der Waals surface area contributed by atoms with Crippen LogP contribution in [0.5, 0.6) is 0 Å². The molecule has 0 aromatic heterocycles. The Labute approximate surface area is 125 Å². The van der Waals surface area contributed by atoms with Gasteiger partial charge in [0.05, 0.1) is 17.9 Å². The Morgan fingerprint density at radius 1 is 1.33 bits per heavy atom. The van der Waals surface area contributed by atoms with Crippen LogP contribution in [0.1, 0.15) is 10.4 Å². The van der Waals surface area contributed by atoms with Gasteiger partial charge in [-0.15, -0.1) is 0 Å². The van der Waals surface area contributed by atoms with Gasteiger partial charge in [-0.05, 0) is 25.2 Å². The van der Waals surface area contributed by atoms with Gasteiger partial charge < -0.3 is 25.0 Å². The second kappa shape index (κ2) is 7.28. The van der Waals surface area contributed by atoms with Crippen molar-refractivity contribution in [1.82, 2.24) is 4.90 Å². The topological polar surface area (TPSA) is 65.0 Å². The predicted molar refractivity (Wildman–Crippen MR) is 83.5 cm³/mol. The molecule has 0 unspecified atom stereocenters. The number of hydrogen-bond acceptors (Lipinski definition) is 5. The maximum absolute atomic E-state index is 11.3. The van der Waals surface area contributed by atoms with E-state index in [1.165, 1.54) is 0 Å². The minimum atomic E-state index is -0.917. The first-order valence-electron chi connectivity index (χ1n) is 7.15. The molecule has 1 aromatic carbocycles. The molecule has 1 aliphatic heterocycles. The van der Waals surface area contributed by atoms with Gasteiger partial charge in [0.25, 0.3) is 0 Å². The van der Waals surface area contributed by atoms with E-state index in [-0.39, 0.29) is 0 Å². The number of likely N-dealkylation sites (N-methyl/N-ethyl adjacent to an activating group) is 1. The predicted octanol–water partition coefficient (Wildman–Crippen LogP) is 1.19. The summed E-state index contributed by atoms with van der Waals surface area (Å²) in [7, 11) is 3.74. The normalized spacial score (nSPS) is 16.0. The second-order valence-corrected chi connectivity index (χ2v) is 5.24. The van der Waals surface area contributed by atoms with E-state index in [2.05, 4.69) is 22.2 Å². The van der Waals surface area contributed by atoms with Crippen LogP contribution in [-0.4, -0.2) is 69.5 Å². The minimum Gasteiger partial charge on any atom is -0.478 e. The number of nitrogens with one attached hydrogen (secondary N) is 1. The van der Waals surface area contributed by atoms with E-state index in [9.17, 15) is 9.90 Å². The number of methoxy groups -OCH3 is 1. The smallest absolute Gasteiger partial charge is 0.337 e. The van der Waals surface area contributed by atoms with E-state index in [1.54, 1.807) is 13.2 Å². The van der Waals surface area contributed by atoms with E-state index >= 15 is 0 Å². The number of hydrogen-bond donors (Lipinski definition) is 2. The monoisotopic (exact) mass is 293 g/mol. The summed E-state index contributed by atoms with van der Waals surface area (Å²) >= 11 is 0. The van der Waals surface area contributed by atoms with E-state index in [0.717, 1.165) is 31.9 Å². The first-order chi connectivity index (χ1) is 10.1. The molecule has 1 saturated heterocycles. The van der Waals surface area contributed by atoms with E-state index in [4.69, 9.17) is 4.74 Å². The highest BCUT2D eigenvalue weighted by Gasteiger charge is 2.17. The lowest BCUT2D eigenvalue weighted by Crippen LogP contribution is -2.44. The maximum Gasteiger partial charge on any atom is 0.337 e. The van der Waals surface area contributed by atoms with Crippen molar-refractivity contribution in [3.05, 3.63) is 23.8 Å². The van der Waals surface area contributed by atoms with Crippen LogP contribution in [0, 0.1) is 0 Å². The Morgan fingerprint density at radius 3 is 2.67 bits per heavy atom. The molecule has 0 saturated carbocycles. The highest BCUT2D eigenvalue weighted by Crippen LogP contribution is 2.24. The van der Waals surface area contributed by atoms with Gasteiger partial charge in [-0.3, -0.25) is 0 Å². The molecule has 6 heteroatoms. The van der Waals surface area contributed by atoms with Crippen LogP contribution >= 0.6 is 0 Å². The molecule has 1 aliphatic rings. The number of nitrogens with zero attached hydrogens (tertiary/aromatic N) is 2. The van der Waals surface area contributed by atoms with Gasteiger partial charge in [-0.1, -0.05) is 0 Å². The average Bonchev–Trinajstić information content (AvgIpc) is 2.48. The molecule has 1 heterocycles. The quantitative estimate of drug-likeness (QED) is 0.768. The zero-order valence-electron chi connectivity index (χ0n) is 12.6. The zero-order valence-corrected chi connectivity index (χ0v) is 12.6. The van der Waals surface area contributed by atoms with Crippen LogP contribution < -0.4 is 10.2 Å². The summed E-state index contributed by atoms with van der Waals surface area (Å²) < 4.78 is 5.00. The molecule has 0 radical (unpaired) electrons. The molecule has 0 bridgehead atoms. The molecule has 2 rings (SSSR count). The Morgan fingerprint density at radius 2 is 2.05 bits per heavy atom. The van der Waals surface area contributed by atoms with Crippen molar-refractivity contribution in [3.8, 4) is 0 Å². The van der Waals surface area contributed by atoms with Crippen LogP contribution in [0.3, 0.4) is 0 Å². The Hall–Kier alpha value is -1.79. The van der Waals surface area contributed by atoms with Gasteiger partial charge in [0.2, 0.25) is 0 Å². The van der Waals surface area contributed by atoms with E-state index < -0.39 is 5.97 Å². The lowest BCUT2D eigenvalue weighted by atomic mass is 10.1. The van der Waals surface area contributed by atoms with Crippen LogP contribution in [0.25, 0.3) is 0 Å². The van der Waals surface area contributed by atoms with Gasteiger partial charge in [-0.2, -0.15) is 0 Å². The van der Waals surface area contributed by atoms with Crippen molar-refractivity contribution in [2.45, 2.75) is 0 Å². The highest BCUT2D eigenvalue weighted by atomic mass is 16.5. The lowest BCUT2D eigenvalue weighted by molar-refractivity contribution is 0.0698. The number of carboxylic acid groups (broad SMARTS) is 1. The van der Waals surface area contributed by atoms with Crippen molar-refractivity contribution >= 4 is 17.3 Å². The number of anilines is 2. The molecule has 6 nitrogen and oxygen atoms in total. The summed E-state index contributed by atoms with van der Waals surface area (Å²) in [6, 6.07) is 5.48. The molecule has 0 aliphatic carbocycles.